The summed E-state index contributed by atoms with van der Waals surface area (Å²) in [7, 11) is 0. The minimum Gasteiger partial charge on any atom is -0.347 e. The van der Waals surface area contributed by atoms with Crippen LogP contribution in [0.2, 0.25) is 10.0 Å². The van der Waals surface area contributed by atoms with Crippen LogP contribution in [0.5, 0.6) is 0 Å². The molecule has 2 amide bonds. The molecule has 0 aliphatic carbocycles. The first-order valence-corrected chi connectivity index (χ1v) is 14.2. The van der Waals surface area contributed by atoms with E-state index in [4.69, 9.17) is 23.2 Å². The van der Waals surface area contributed by atoms with Crippen LogP contribution in [0.1, 0.15) is 58.4 Å². The van der Waals surface area contributed by atoms with Gasteiger partial charge in [-0.2, -0.15) is 25.4 Å². The summed E-state index contributed by atoms with van der Waals surface area (Å²) in [5.41, 5.74) is 2.67. The van der Waals surface area contributed by atoms with Crippen LogP contribution in [0.4, 0.5) is 5.69 Å². The molecule has 222 valence electrons. The molecule has 0 radical (unpaired) electrons. The summed E-state index contributed by atoms with van der Waals surface area (Å²) < 4.78 is 1.34. The number of rotatable bonds is 7. The van der Waals surface area contributed by atoms with Gasteiger partial charge in [0.1, 0.15) is 17.9 Å². The summed E-state index contributed by atoms with van der Waals surface area (Å²) in [4.78, 5) is 32.9. The van der Waals surface area contributed by atoms with E-state index in [1.54, 1.807) is 49.5 Å². The largest absolute Gasteiger partial charge is 0.347 e. The zero-order valence-electron chi connectivity index (χ0n) is 24.3. The van der Waals surface area contributed by atoms with Crippen molar-refractivity contribution in [2.75, 3.05) is 5.32 Å². The molecule has 0 aliphatic heterocycles. The van der Waals surface area contributed by atoms with Gasteiger partial charge in [0.05, 0.1) is 39.8 Å². The molecule has 0 aliphatic rings. The lowest BCUT2D eigenvalue weighted by Gasteiger charge is -2.22. The minimum absolute atomic E-state index is 0.105. The Morgan fingerprint density at radius 1 is 1.02 bits per heavy atom. The fourth-order valence-corrected chi connectivity index (χ4v) is 4.84. The van der Waals surface area contributed by atoms with Gasteiger partial charge in [-0.05, 0) is 75.7 Å². The van der Waals surface area contributed by atoms with Crippen molar-refractivity contribution in [3.63, 3.8) is 0 Å². The second-order valence-corrected chi connectivity index (χ2v) is 11.8. The lowest BCUT2D eigenvalue weighted by Crippen LogP contribution is -2.41. The summed E-state index contributed by atoms with van der Waals surface area (Å²) in [5, 5.41) is 29.6. The molecule has 2 N–H and O–H groups in total. The van der Waals surface area contributed by atoms with E-state index in [9.17, 15) is 14.9 Å². The molecule has 13 heteroatoms. The van der Waals surface area contributed by atoms with Gasteiger partial charge in [0.25, 0.3) is 11.8 Å². The van der Waals surface area contributed by atoms with Crippen molar-refractivity contribution in [1.82, 2.24) is 35.1 Å². The molecule has 0 unspecified atom stereocenters. The van der Waals surface area contributed by atoms with E-state index in [0.717, 1.165) is 5.56 Å². The number of nitrogens with one attached hydrogen (secondary N) is 2. The predicted molar refractivity (Wildman–Crippen MR) is 167 cm³/mol. The number of carbonyl (C=O) groups is 2. The predicted octanol–water partition coefficient (Wildman–Crippen LogP) is 5.84. The highest BCUT2D eigenvalue weighted by atomic mass is 35.5. The number of hydrogen-bond acceptors (Lipinski definition) is 7. The molecule has 5 rings (SSSR count). The van der Waals surface area contributed by atoms with Crippen LogP contribution in [-0.2, 0) is 6.54 Å². The molecule has 0 bridgehead atoms. The quantitative estimate of drug-likeness (QED) is 0.230. The van der Waals surface area contributed by atoms with Gasteiger partial charge >= 0.3 is 0 Å². The molecular formula is C31H27Cl2N9O2. The van der Waals surface area contributed by atoms with E-state index in [1.165, 1.54) is 21.7 Å². The maximum atomic E-state index is 13.9. The summed E-state index contributed by atoms with van der Waals surface area (Å²) in [5.74, 6) is -0.771. The number of aryl methyl sites for hydroxylation is 1. The molecule has 0 saturated heterocycles. The Kier molecular flexibility index (Phi) is 8.49. The SMILES string of the molecule is Cc1cc(C#N)cc(C(=O)NC(C)(C)C)c1NC(=O)c1cc(Cn2ncc(-c3cccc(Cl)c3)n2)nn1-c1ncccc1Cl. The number of pyridine rings is 1. The summed E-state index contributed by atoms with van der Waals surface area (Å²) in [6.07, 6.45) is 3.15. The Balaban J connectivity index is 1.52. The number of benzene rings is 2. The van der Waals surface area contributed by atoms with E-state index < -0.39 is 17.4 Å². The lowest BCUT2D eigenvalue weighted by molar-refractivity contribution is 0.0920. The average Bonchev–Trinajstić information content (AvgIpc) is 3.61. The average molecular weight is 629 g/mol. The highest BCUT2D eigenvalue weighted by Gasteiger charge is 2.25. The fraction of sp³-hybridized carbons (Fsp3) is 0.194. The van der Waals surface area contributed by atoms with Crippen molar-refractivity contribution < 1.29 is 9.59 Å². The van der Waals surface area contributed by atoms with Gasteiger partial charge in [-0.1, -0.05) is 35.3 Å². The van der Waals surface area contributed by atoms with E-state index in [-0.39, 0.29) is 39.9 Å². The fourth-order valence-electron chi connectivity index (χ4n) is 4.44. The zero-order valence-corrected chi connectivity index (χ0v) is 25.8. The number of nitriles is 1. The first-order chi connectivity index (χ1) is 20.9. The second kappa shape index (κ2) is 12.3. The molecule has 11 nitrogen and oxygen atoms in total. The Morgan fingerprint density at radius 3 is 2.52 bits per heavy atom. The van der Waals surface area contributed by atoms with Gasteiger partial charge in [-0.3, -0.25) is 9.59 Å². The standard InChI is InChI=1S/C31H27Cl2N9O2/c1-18-11-19(15-34)12-23(29(43)38-31(2,3)4)27(18)37-30(44)26-14-22(39-42(26)28-24(33)9-6-10-35-28)17-41-36-16-25(40-41)20-7-5-8-21(32)13-20/h5-14,16H,17H2,1-4H3,(H,37,44)(H,38,43). The number of aromatic nitrogens is 6. The number of nitrogens with zero attached hydrogens (tertiary/aromatic N) is 7. The minimum atomic E-state index is -0.573. The van der Waals surface area contributed by atoms with Crippen LogP contribution in [0.3, 0.4) is 0 Å². The first-order valence-electron chi connectivity index (χ1n) is 13.5. The third-order valence-corrected chi connectivity index (χ3v) is 6.86. The van der Waals surface area contributed by atoms with Gasteiger partial charge in [-0.15, -0.1) is 0 Å². The van der Waals surface area contributed by atoms with Gasteiger partial charge in [0, 0.05) is 22.3 Å². The molecule has 0 saturated carbocycles. The zero-order chi connectivity index (χ0) is 31.6. The van der Waals surface area contributed by atoms with E-state index in [1.807, 2.05) is 32.9 Å². The molecule has 0 atom stereocenters. The van der Waals surface area contributed by atoms with Gasteiger partial charge in [0.2, 0.25) is 0 Å². The molecule has 3 heterocycles. The smallest absolute Gasteiger partial charge is 0.274 e. The highest BCUT2D eigenvalue weighted by molar-refractivity contribution is 6.32. The van der Waals surface area contributed by atoms with E-state index in [2.05, 4.69) is 37.0 Å². The number of carbonyl (C=O) groups excluding carboxylic acids is 2. The van der Waals surface area contributed by atoms with Crippen LogP contribution in [0.15, 0.2) is 67.0 Å². The van der Waals surface area contributed by atoms with Crippen LogP contribution in [0, 0.1) is 18.3 Å². The number of hydrogen-bond donors (Lipinski definition) is 2. The van der Waals surface area contributed by atoms with Crippen molar-refractivity contribution in [2.45, 2.75) is 39.8 Å². The van der Waals surface area contributed by atoms with Crippen LogP contribution in [-0.4, -0.2) is 47.1 Å². The summed E-state index contributed by atoms with van der Waals surface area (Å²) >= 11 is 12.6. The van der Waals surface area contributed by atoms with Gasteiger partial charge in [-0.25, -0.2) is 9.67 Å². The monoisotopic (exact) mass is 627 g/mol. The third kappa shape index (κ3) is 6.78. The highest BCUT2D eigenvalue weighted by Crippen LogP contribution is 2.26. The van der Waals surface area contributed by atoms with Crippen molar-refractivity contribution in [3.05, 3.63) is 105 Å². The summed E-state index contributed by atoms with van der Waals surface area (Å²) in [6, 6.07) is 17.3. The normalized spacial score (nSPS) is 11.2. The van der Waals surface area contributed by atoms with Crippen molar-refractivity contribution in [1.29, 1.82) is 5.26 Å². The van der Waals surface area contributed by atoms with E-state index >= 15 is 0 Å². The Morgan fingerprint density at radius 2 is 1.82 bits per heavy atom. The number of anilines is 1. The van der Waals surface area contributed by atoms with Crippen molar-refractivity contribution in [2.24, 2.45) is 0 Å². The van der Waals surface area contributed by atoms with Crippen LogP contribution >= 0.6 is 23.2 Å². The first kappa shape index (κ1) is 30.4. The van der Waals surface area contributed by atoms with Gasteiger partial charge in [0.15, 0.2) is 5.82 Å². The lowest BCUT2D eigenvalue weighted by atomic mass is 10.0. The van der Waals surface area contributed by atoms with E-state index in [0.29, 0.717) is 22.0 Å². The summed E-state index contributed by atoms with van der Waals surface area (Å²) in [6.45, 7) is 7.37. The second-order valence-electron chi connectivity index (χ2n) is 11.0. The van der Waals surface area contributed by atoms with Crippen molar-refractivity contribution in [3.8, 4) is 23.1 Å². The number of halogens is 2. The molecule has 5 aromatic rings. The Bertz CT molecular complexity index is 1930. The molecular weight excluding hydrogens is 601 g/mol. The third-order valence-electron chi connectivity index (χ3n) is 6.33. The number of amides is 2. The Hall–Kier alpha value is -5.05. The molecule has 0 spiro atoms. The van der Waals surface area contributed by atoms with Crippen LogP contribution in [0.25, 0.3) is 17.1 Å². The molecule has 2 aromatic carbocycles. The van der Waals surface area contributed by atoms with Crippen molar-refractivity contribution >= 4 is 40.7 Å². The maximum Gasteiger partial charge on any atom is 0.274 e. The Labute approximate surface area is 263 Å². The molecule has 3 aromatic heterocycles. The van der Waals surface area contributed by atoms with Crippen LogP contribution < -0.4 is 10.6 Å². The van der Waals surface area contributed by atoms with Gasteiger partial charge < -0.3 is 10.6 Å². The molecule has 44 heavy (non-hydrogen) atoms. The topological polar surface area (TPSA) is 143 Å². The molecule has 0 fully saturated rings. The maximum absolute atomic E-state index is 13.9.